The van der Waals surface area contributed by atoms with Crippen LogP contribution in [-0.2, 0) is 0 Å². The maximum atomic E-state index is 13.2. The molecule has 0 saturated carbocycles. The zero-order valence-electron chi connectivity index (χ0n) is 9.37. The lowest BCUT2D eigenvalue weighted by Gasteiger charge is -2.06. The molecule has 2 aromatic rings. The predicted molar refractivity (Wildman–Crippen MR) is 72.8 cm³/mol. The van der Waals surface area contributed by atoms with Gasteiger partial charge in [0.15, 0.2) is 0 Å². The van der Waals surface area contributed by atoms with Gasteiger partial charge in [-0.1, -0.05) is 0 Å². The Morgan fingerprint density at radius 3 is 2.89 bits per heavy atom. The summed E-state index contributed by atoms with van der Waals surface area (Å²) in [6.07, 6.45) is 0. The highest BCUT2D eigenvalue weighted by Gasteiger charge is 2.19. The lowest BCUT2D eigenvalue weighted by Crippen LogP contribution is -2.04. The third kappa shape index (κ3) is 2.26. The summed E-state index contributed by atoms with van der Waals surface area (Å²) in [5.74, 6) is -0.309. The summed E-state index contributed by atoms with van der Waals surface area (Å²) in [5.41, 5.74) is 5.73. The van der Waals surface area contributed by atoms with Crippen LogP contribution < -0.4 is 10.5 Å². The van der Waals surface area contributed by atoms with E-state index in [9.17, 15) is 9.18 Å². The number of nitrogens with two attached hydrogens (primary N) is 1. The second-order valence-corrected chi connectivity index (χ2v) is 5.27. The van der Waals surface area contributed by atoms with Crippen LogP contribution in [0.5, 0.6) is 5.75 Å². The Morgan fingerprint density at radius 2 is 2.22 bits per heavy atom. The normalized spacial score (nSPS) is 10.4. The van der Waals surface area contributed by atoms with Gasteiger partial charge < -0.3 is 10.5 Å². The van der Waals surface area contributed by atoms with Gasteiger partial charge in [-0.2, -0.15) is 0 Å². The second kappa shape index (κ2) is 5.07. The molecule has 0 aliphatic rings. The summed E-state index contributed by atoms with van der Waals surface area (Å²) in [6, 6.07) is 4.21. The van der Waals surface area contributed by atoms with Crippen molar-refractivity contribution >= 4 is 38.7 Å². The quantitative estimate of drug-likeness (QED) is 0.692. The molecule has 2 N–H and O–H groups in total. The van der Waals surface area contributed by atoms with Gasteiger partial charge in [0.2, 0.25) is 5.78 Å². The average molecular weight is 330 g/mol. The van der Waals surface area contributed by atoms with Crippen molar-refractivity contribution in [1.82, 2.24) is 0 Å². The minimum Gasteiger partial charge on any atom is -0.495 e. The van der Waals surface area contributed by atoms with Gasteiger partial charge in [0, 0.05) is 10.0 Å². The molecule has 6 heteroatoms. The van der Waals surface area contributed by atoms with Crippen molar-refractivity contribution in [3.63, 3.8) is 0 Å². The number of nitrogen functional groups attached to an aromatic ring is 1. The molecule has 0 saturated heterocycles. The summed E-state index contributed by atoms with van der Waals surface area (Å²) in [5, 5.41) is 1.76. The lowest BCUT2D eigenvalue weighted by atomic mass is 10.1. The standard InChI is InChI=1S/C12H9BrFNO2S/c1-17-10-2-3-18-12(10)11(16)6-4-9(15)8(14)5-7(6)13/h2-5H,15H2,1H3. The molecule has 2 rings (SSSR count). The zero-order chi connectivity index (χ0) is 13.3. The molecule has 18 heavy (non-hydrogen) atoms. The SMILES string of the molecule is COc1ccsc1C(=O)c1cc(N)c(F)cc1Br. The number of ether oxygens (including phenoxy) is 1. The van der Waals surface area contributed by atoms with E-state index in [0.717, 1.165) is 0 Å². The minimum absolute atomic E-state index is 0.0583. The molecule has 1 heterocycles. The van der Waals surface area contributed by atoms with Crippen molar-refractivity contribution in [2.24, 2.45) is 0 Å². The van der Waals surface area contributed by atoms with Crippen molar-refractivity contribution in [2.75, 3.05) is 12.8 Å². The Labute approximate surface area is 116 Å². The molecule has 0 fully saturated rings. The smallest absolute Gasteiger partial charge is 0.207 e. The van der Waals surface area contributed by atoms with Gasteiger partial charge in [0.25, 0.3) is 0 Å². The molecule has 0 bridgehead atoms. The van der Waals surface area contributed by atoms with Crippen molar-refractivity contribution in [2.45, 2.75) is 0 Å². The zero-order valence-corrected chi connectivity index (χ0v) is 11.8. The number of anilines is 1. The fourth-order valence-electron chi connectivity index (χ4n) is 1.49. The Hall–Kier alpha value is -1.40. The first-order valence-electron chi connectivity index (χ1n) is 4.95. The highest BCUT2D eigenvalue weighted by molar-refractivity contribution is 9.10. The molecule has 1 aromatic carbocycles. The van der Waals surface area contributed by atoms with Crippen LogP contribution in [0.1, 0.15) is 15.2 Å². The summed E-state index contributed by atoms with van der Waals surface area (Å²) < 4.78 is 18.7. The van der Waals surface area contributed by atoms with Gasteiger partial charge in [-0.25, -0.2) is 4.39 Å². The number of thiophene rings is 1. The number of methoxy groups -OCH3 is 1. The monoisotopic (exact) mass is 329 g/mol. The first kappa shape index (κ1) is 13.0. The van der Waals surface area contributed by atoms with Crippen LogP contribution in [0.3, 0.4) is 0 Å². The fourth-order valence-corrected chi connectivity index (χ4v) is 2.79. The number of rotatable bonds is 3. The van der Waals surface area contributed by atoms with Crippen LogP contribution in [0.15, 0.2) is 28.1 Å². The summed E-state index contributed by atoms with van der Waals surface area (Å²) >= 11 is 4.43. The van der Waals surface area contributed by atoms with Crippen molar-refractivity contribution in [1.29, 1.82) is 0 Å². The third-order valence-electron chi connectivity index (χ3n) is 2.39. The topological polar surface area (TPSA) is 52.3 Å². The molecule has 94 valence electrons. The van der Waals surface area contributed by atoms with Crippen molar-refractivity contribution < 1.29 is 13.9 Å². The Morgan fingerprint density at radius 1 is 1.50 bits per heavy atom. The first-order valence-corrected chi connectivity index (χ1v) is 6.62. The maximum Gasteiger partial charge on any atom is 0.207 e. The number of carbonyl (C=O) groups is 1. The highest BCUT2D eigenvalue weighted by atomic mass is 79.9. The Kier molecular flexibility index (Phi) is 3.68. The van der Waals surface area contributed by atoms with Gasteiger partial charge in [-0.05, 0) is 39.5 Å². The van der Waals surface area contributed by atoms with E-state index in [4.69, 9.17) is 10.5 Å². The number of halogens is 2. The van der Waals surface area contributed by atoms with Crippen LogP contribution in [0, 0.1) is 5.82 Å². The Bertz CT molecular complexity index is 612. The molecule has 0 radical (unpaired) electrons. The van der Waals surface area contributed by atoms with Crippen LogP contribution in [0.2, 0.25) is 0 Å². The van der Waals surface area contributed by atoms with E-state index in [1.807, 2.05) is 0 Å². The first-order chi connectivity index (χ1) is 8.54. The molecule has 0 amide bonds. The van der Waals surface area contributed by atoms with E-state index in [0.29, 0.717) is 20.7 Å². The van der Waals surface area contributed by atoms with Crippen LogP contribution >= 0.6 is 27.3 Å². The second-order valence-electron chi connectivity index (χ2n) is 3.50. The third-order valence-corrected chi connectivity index (χ3v) is 3.94. The molecule has 0 unspecified atom stereocenters. The van der Waals surface area contributed by atoms with E-state index < -0.39 is 5.82 Å². The molecule has 0 aliphatic heterocycles. The van der Waals surface area contributed by atoms with E-state index in [1.165, 1.54) is 30.6 Å². The average Bonchev–Trinajstić information content (AvgIpc) is 2.81. The molecule has 0 spiro atoms. The van der Waals surface area contributed by atoms with Crippen LogP contribution in [-0.4, -0.2) is 12.9 Å². The predicted octanol–water partition coefficient (Wildman–Crippen LogP) is 3.47. The molecule has 0 aliphatic carbocycles. The molecule has 0 atom stereocenters. The van der Waals surface area contributed by atoms with Gasteiger partial charge in [-0.15, -0.1) is 11.3 Å². The van der Waals surface area contributed by atoms with Crippen LogP contribution in [0.25, 0.3) is 0 Å². The number of ketones is 1. The van der Waals surface area contributed by atoms with Gasteiger partial charge in [0.1, 0.15) is 16.4 Å². The van der Waals surface area contributed by atoms with E-state index >= 15 is 0 Å². The van der Waals surface area contributed by atoms with Crippen LogP contribution in [0.4, 0.5) is 10.1 Å². The maximum absolute atomic E-state index is 13.2. The van der Waals surface area contributed by atoms with Gasteiger partial charge in [-0.3, -0.25) is 4.79 Å². The fraction of sp³-hybridized carbons (Fsp3) is 0.0833. The summed E-state index contributed by atoms with van der Waals surface area (Å²) in [7, 11) is 1.49. The summed E-state index contributed by atoms with van der Waals surface area (Å²) in [6.45, 7) is 0. The highest BCUT2D eigenvalue weighted by Crippen LogP contribution is 2.31. The van der Waals surface area contributed by atoms with E-state index in [2.05, 4.69) is 15.9 Å². The largest absolute Gasteiger partial charge is 0.495 e. The minimum atomic E-state index is -0.559. The molecule has 1 aromatic heterocycles. The van der Waals surface area contributed by atoms with Crippen molar-refractivity contribution in [3.8, 4) is 5.75 Å². The number of hydrogen-bond acceptors (Lipinski definition) is 4. The molecule has 3 nitrogen and oxygen atoms in total. The number of carbonyl (C=O) groups excluding carboxylic acids is 1. The van der Waals surface area contributed by atoms with Gasteiger partial charge >= 0.3 is 0 Å². The summed E-state index contributed by atoms with van der Waals surface area (Å²) in [4.78, 5) is 12.8. The van der Waals surface area contributed by atoms with E-state index in [-0.39, 0.29) is 11.5 Å². The lowest BCUT2D eigenvalue weighted by molar-refractivity contribution is 0.103. The molecular formula is C12H9BrFNO2S. The number of benzene rings is 1. The molecular weight excluding hydrogens is 321 g/mol. The van der Waals surface area contributed by atoms with E-state index in [1.54, 1.807) is 11.4 Å². The Balaban J connectivity index is 2.50. The van der Waals surface area contributed by atoms with Gasteiger partial charge in [0.05, 0.1) is 12.8 Å². The van der Waals surface area contributed by atoms with Crippen molar-refractivity contribution in [3.05, 3.63) is 44.3 Å². The number of hydrogen-bond donors (Lipinski definition) is 1.